The fraction of sp³-hybridized carbons (Fsp3) is 0.789. The lowest BCUT2D eigenvalue weighted by Crippen LogP contribution is -2.53. The number of aryl methyl sites for hydroxylation is 2. The zero-order valence-corrected chi connectivity index (χ0v) is 16.8. The molecule has 2 saturated carbocycles. The van der Waals surface area contributed by atoms with E-state index in [-0.39, 0.29) is 18.3 Å². The van der Waals surface area contributed by atoms with E-state index in [4.69, 9.17) is 4.74 Å². The molecule has 0 aromatic carbocycles. The number of carbonyl (C=O) groups is 1. The van der Waals surface area contributed by atoms with E-state index in [9.17, 15) is 4.79 Å². The summed E-state index contributed by atoms with van der Waals surface area (Å²) in [4.78, 5) is 15.5. The van der Waals surface area contributed by atoms with Crippen molar-refractivity contribution in [2.75, 3.05) is 13.2 Å². The molecule has 0 bridgehead atoms. The Kier molecular flexibility index (Phi) is 5.94. The predicted octanol–water partition coefficient (Wildman–Crippen LogP) is 2.11. The van der Waals surface area contributed by atoms with Crippen LogP contribution >= 0.6 is 12.4 Å². The number of nitrogens with zero attached hydrogens (tertiary/aromatic N) is 3. The molecular weight excluding hydrogens is 352 g/mol. The largest absolute Gasteiger partial charge is 0.375 e. The van der Waals surface area contributed by atoms with Crippen LogP contribution in [0, 0.1) is 19.8 Å². The number of aromatic nitrogens is 2. The Morgan fingerprint density at radius 3 is 2.73 bits per heavy atom. The summed E-state index contributed by atoms with van der Waals surface area (Å²) in [6.07, 6.45) is 5.45. The Hall–Kier alpha value is -1.11. The number of morpholine rings is 1. The highest BCUT2D eigenvalue weighted by atomic mass is 35.5. The van der Waals surface area contributed by atoms with Crippen LogP contribution in [0.15, 0.2) is 0 Å². The van der Waals surface area contributed by atoms with Crippen LogP contribution in [0.25, 0.3) is 0 Å². The molecule has 0 spiro atoms. The molecule has 1 aliphatic heterocycles. The molecule has 1 amide bonds. The highest BCUT2D eigenvalue weighted by molar-refractivity contribution is 5.85. The number of halogens is 1. The number of ether oxygens (including phenoxy) is 1. The minimum absolute atomic E-state index is 0. The summed E-state index contributed by atoms with van der Waals surface area (Å²) >= 11 is 0. The molecule has 7 heteroatoms. The smallest absolute Gasteiger partial charge is 0.226 e. The summed E-state index contributed by atoms with van der Waals surface area (Å²) in [6, 6.07) is 0.777. The van der Waals surface area contributed by atoms with Gasteiger partial charge in [-0.2, -0.15) is 5.10 Å². The van der Waals surface area contributed by atoms with Gasteiger partial charge in [-0.1, -0.05) is 0 Å². The summed E-state index contributed by atoms with van der Waals surface area (Å²) in [5.74, 6) is 0.476. The molecule has 4 rings (SSSR count). The highest BCUT2D eigenvalue weighted by Gasteiger charge is 2.41. The molecule has 0 radical (unpaired) electrons. The van der Waals surface area contributed by atoms with Crippen molar-refractivity contribution in [3.05, 3.63) is 17.0 Å². The van der Waals surface area contributed by atoms with Crippen LogP contribution < -0.4 is 5.32 Å². The second kappa shape index (κ2) is 7.87. The normalized spacial score (nSPS) is 28.2. The number of hydrogen-bond acceptors (Lipinski definition) is 4. The molecule has 0 unspecified atom stereocenters. The van der Waals surface area contributed by atoms with E-state index in [1.807, 2.05) is 18.7 Å². The van der Waals surface area contributed by atoms with E-state index in [2.05, 4.69) is 22.2 Å². The van der Waals surface area contributed by atoms with Crippen LogP contribution in [0.2, 0.25) is 0 Å². The average molecular weight is 383 g/mol. The summed E-state index contributed by atoms with van der Waals surface area (Å²) in [5, 5.41) is 8.07. The molecule has 1 aromatic heterocycles. The molecule has 26 heavy (non-hydrogen) atoms. The Morgan fingerprint density at radius 1 is 1.31 bits per heavy atom. The van der Waals surface area contributed by atoms with Crippen LogP contribution in [-0.4, -0.2) is 51.9 Å². The first-order chi connectivity index (χ1) is 12.0. The van der Waals surface area contributed by atoms with E-state index in [1.165, 1.54) is 11.3 Å². The number of amides is 1. The minimum atomic E-state index is 0. The SMILES string of the molecule is Cc1nn(C)c(C)c1CN(C(=O)[C@H]1CC[C@H]2OCCN[C@@H]2C1)C1CC1.Cl. The van der Waals surface area contributed by atoms with Gasteiger partial charge < -0.3 is 15.0 Å². The van der Waals surface area contributed by atoms with E-state index in [0.29, 0.717) is 30.6 Å². The molecule has 2 heterocycles. The highest BCUT2D eigenvalue weighted by Crippen LogP contribution is 2.35. The van der Waals surface area contributed by atoms with Gasteiger partial charge in [-0.3, -0.25) is 9.48 Å². The van der Waals surface area contributed by atoms with Gasteiger partial charge in [0.25, 0.3) is 0 Å². The zero-order valence-electron chi connectivity index (χ0n) is 16.0. The van der Waals surface area contributed by atoms with E-state index in [0.717, 1.165) is 50.9 Å². The standard InChI is InChI=1S/C19H30N4O2.ClH/c1-12-16(13(2)22(3)21-12)11-23(15-5-6-15)19(24)14-4-7-18-17(10-14)20-8-9-25-18;/h14-15,17-18,20H,4-11H2,1-3H3;1H/t14-,17+,18+;/m0./s1. The lowest BCUT2D eigenvalue weighted by Gasteiger charge is -2.40. The topological polar surface area (TPSA) is 59.4 Å². The van der Waals surface area contributed by atoms with Gasteiger partial charge in [-0.25, -0.2) is 0 Å². The molecule has 3 aliphatic rings. The van der Waals surface area contributed by atoms with Crippen molar-refractivity contribution in [2.45, 2.75) is 70.7 Å². The zero-order chi connectivity index (χ0) is 17.6. The molecule has 3 atom stereocenters. The molecule has 1 saturated heterocycles. The van der Waals surface area contributed by atoms with Gasteiger partial charge >= 0.3 is 0 Å². The summed E-state index contributed by atoms with van der Waals surface area (Å²) in [6.45, 7) is 6.56. The third-order valence-electron chi connectivity index (χ3n) is 6.23. The minimum Gasteiger partial charge on any atom is -0.375 e. The predicted molar refractivity (Wildman–Crippen MR) is 102 cm³/mol. The fourth-order valence-electron chi connectivity index (χ4n) is 4.46. The van der Waals surface area contributed by atoms with Crippen molar-refractivity contribution in [1.82, 2.24) is 20.0 Å². The molecule has 2 aliphatic carbocycles. The van der Waals surface area contributed by atoms with Crippen LogP contribution in [0.5, 0.6) is 0 Å². The van der Waals surface area contributed by atoms with Crippen molar-refractivity contribution >= 4 is 18.3 Å². The van der Waals surface area contributed by atoms with Gasteiger partial charge in [0, 0.05) is 49.4 Å². The van der Waals surface area contributed by atoms with Gasteiger partial charge in [-0.05, 0) is 46.0 Å². The van der Waals surface area contributed by atoms with Crippen molar-refractivity contribution in [3.63, 3.8) is 0 Å². The van der Waals surface area contributed by atoms with Gasteiger partial charge in [0.05, 0.1) is 18.4 Å². The van der Waals surface area contributed by atoms with Gasteiger partial charge in [0.2, 0.25) is 5.91 Å². The van der Waals surface area contributed by atoms with Crippen LogP contribution in [0.4, 0.5) is 0 Å². The summed E-state index contributed by atoms with van der Waals surface area (Å²) < 4.78 is 7.79. The van der Waals surface area contributed by atoms with E-state index < -0.39 is 0 Å². The van der Waals surface area contributed by atoms with Crippen molar-refractivity contribution in [2.24, 2.45) is 13.0 Å². The first kappa shape index (κ1) is 19.6. The summed E-state index contributed by atoms with van der Waals surface area (Å²) in [7, 11) is 1.98. The maximum atomic E-state index is 13.3. The number of fused-ring (bicyclic) bond motifs is 1. The van der Waals surface area contributed by atoms with Crippen molar-refractivity contribution in [1.29, 1.82) is 0 Å². The maximum Gasteiger partial charge on any atom is 0.226 e. The quantitative estimate of drug-likeness (QED) is 0.866. The summed E-state index contributed by atoms with van der Waals surface area (Å²) in [5.41, 5.74) is 3.43. The van der Waals surface area contributed by atoms with Crippen LogP contribution in [0.3, 0.4) is 0 Å². The average Bonchev–Trinajstić information content (AvgIpc) is 3.42. The van der Waals surface area contributed by atoms with Crippen LogP contribution in [-0.2, 0) is 23.1 Å². The Labute approximate surface area is 162 Å². The van der Waals surface area contributed by atoms with E-state index >= 15 is 0 Å². The Bertz CT molecular complexity index is 658. The third-order valence-corrected chi connectivity index (χ3v) is 6.23. The van der Waals surface area contributed by atoms with E-state index in [1.54, 1.807) is 0 Å². The lowest BCUT2D eigenvalue weighted by atomic mass is 9.82. The first-order valence-corrected chi connectivity index (χ1v) is 9.69. The van der Waals surface area contributed by atoms with Crippen molar-refractivity contribution in [3.8, 4) is 0 Å². The number of nitrogens with one attached hydrogen (secondary N) is 1. The molecule has 6 nitrogen and oxygen atoms in total. The number of rotatable bonds is 4. The number of carbonyl (C=O) groups excluding carboxylic acids is 1. The monoisotopic (exact) mass is 382 g/mol. The first-order valence-electron chi connectivity index (χ1n) is 9.69. The lowest BCUT2D eigenvalue weighted by molar-refractivity contribution is -0.140. The van der Waals surface area contributed by atoms with Crippen molar-refractivity contribution < 1.29 is 9.53 Å². The van der Waals surface area contributed by atoms with Gasteiger partial charge in [0.1, 0.15) is 0 Å². The molecule has 1 aromatic rings. The fourth-order valence-corrected chi connectivity index (χ4v) is 4.46. The maximum absolute atomic E-state index is 13.3. The second-order valence-corrected chi connectivity index (χ2v) is 7.95. The molecular formula is C19H31ClN4O2. The van der Waals surface area contributed by atoms with Gasteiger partial charge in [0.15, 0.2) is 0 Å². The second-order valence-electron chi connectivity index (χ2n) is 7.95. The Balaban J connectivity index is 0.00000196. The third kappa shape index (κ3) is 3.78. The Morgan fingerprint density at radius 2 is 2.08 bits per heavy atom. The number of hydrogen-bond donors (Lipinski definition) is 1. The molecule has 3 fully saturated rings. The molecule has 146 valence electrons. The van der Waals surface area contributed by atoms with Crippen LogP contribution in [0.1, 0.15) is 49.1 Å². The molecule has 1 N–H and O–H groups in total. The van der Waals surface area contributed by atoms with Gasteiger partial charge in [-0.15, -0.1) is 12.4 Å².